The predicted octanol–water partition coefficient (Wildman–Crippen LogP) is 6.30. The molecule has 0 unspecified atom stereocenters. The number of piperidine rings is 1. The Labute approximate surface area is 220 Å². The number of hydrogen-bond donors (Lipinski definition) is 3. The van der Waals surface area contributed by atoms with Crippen LogP contribution in [0.2, 0.25) is 0 Å². The molecule has 1 amide bonds. The second-order valence-electron chi connectivity index (χ2n) is 8.93. The second kappa shape index (κ2) is 11.4. The number of nitrogens with one attached hydrogen (secondary N) is 3. The molecule has 1 aliphatic rings. The fourth-order valence-electron chi connectivity index (χ4n) is 4.44. The Balaban J connectivity index is 1.38. The number of benzene rings is 2. The van der Waals surface area contributed by atoms with Gasteiger partial charge in [0.15, 0.2) is 5.82 Å². The summed E-state index contributed by atoms with van der Waals surface area (Å²) in [5.41, 5.74) is 4.32. The van der Waals surface area contributed by atoms with Crippen molar-refractivity contribution in [1.82, 2.24) is 14.9 Å². The number of likely N-dealkylation sites (tertiary alicyclic amines) is 1. The standard InChI is InChI=1S/C28H30N6O2S/c1-3-25(35)29-20-8-7-9-21(17-20)30-27-26-23(12-15-37-26)32-28(33-27)31-22-11-10-19(16-24(22)36-2)18-34-13-5-4-6-14-34/h3,7-12,15-17H,1,4-6,13-14,18H2,2H3,(H,29,35)(H2,30,31,32,33). The van der Waals surface area contributed by atoms with Crippen molar-refractivity contribution < 1.29 is 9.53 Å². The van der Waals surface area contributed by atoms with Crippen LogP contribution in [0.5, 0.6) is 5.75 Å². The fraction of sp³-hybridized carbons (Fsp3) is 0.250. The van der Waals surface area contributed by atoms with E-state index in [4.69, 9.17) is 14.7 Å². The van der Waals surface area contributed by atoms with Crippen LogP contribution in [0.25, 0.3) is 10.2 Å². The van der Waals surface area contributed by atoms with E-state index in [0.29, 0.717) is 17.5 Å². The Kier molecular flexibility index (Phi) is 7.62. The first-order valence-corrected chi connectivity index (χ1v) is 13.2. The molecule has 0 atom stereocenters. The minimum Gasteiger partial charge on any atom is -0.495 e. The number of nitrogens with zero attached hydrogens (tertiary/aromatic N) is 3. The smallest absolute Gasteiger partial charge is 0.247 e. The number of carbonyl (C=O) groups is 1. The van der Waals surface area contributed by atoms with E-state index >= 15 is 0 Å². The molecule has 0 saturated carbocycles. The van der Waals surface area contributed by atoms with E-state index in [1.54, 1.807) is 18.4 Å². The lowest BCUT2D eigenvalue weighted by molar-refractivity contribution is -0.111. The van der Waals surface area contributed by atoms with Crippen LogP contribution >= 0.6 is 11.3 Å². The highest BCUT2D eigenvalue weighted by Gasteiger charge is 2.15. The highest BCUT2D eigenvalue weighted by molar-refractivity contribution is 7.17. The van der Waals surface area contributed by atoms with Crippen molar-refractivity contribution in [3.8, 4) is 5.75 Å². The van der Waals surface area contributed by atoms with Gasteiger partial charge in [0.1, 0.15) is 5.75 Å². The molecular weight excluding hydrogens is 484 g/mol. The summed E-state index contributed by atoms with van der Waals surface area (Å²) in [7, 11) is 1.68. The van der Waals surface area contributed by atoms with Crippen molar-refractivity contribution in [3.05, 3.63) is 72.1 Å². The zero-order chi connectivity index (χ0) is 25.6. The van der Waals surface area contributed by atoms with E-state index in [1.165, 1.54) is 30.9 Å². The van der Waals surface area contributed by atoms with E-state index in [1.807, 2.05) is 41.8 Å². The highest BCUT2D eigenvalue weighted by Crippen LogP contribution is 2.33. The average molecular weight is 515 g/mol. The molecule has 3 heterocycles. The van der Waals surface area contributed by atoms with Crippen LogP contribution in [0.15, 0.2) is 66.6 Å². The number of amides is 1. The van der Waals surface area contributed by atoms with Crippen molar-refractivity contribution in [1.29, 1.82) is 0 Å². The van der Waals surface area contributed by atoms with E-state index in [0.717, 1.165) is 47.0 Å². The molecule has 0 aliphatic carbocycles. The summed E-state index contributed by atoms with van der Waals surface area (Å²) < 4.78 is 6.65. The third-order valence-electron chi connectivity index (χ3n) is 6.25. The van der Waals surface area contributed by atoms with Gasteiger partial charge in [-0.3, -0.25) is 9.69 Å². The highest BCUT2D eigenvalue weighted by atomic mass is 32.1. The number of carbonyl (C=O) groups excluding carboxylic acids is 1. The molecular formula is C28H30N6O2S. The quantitative estimate of drug-likeness (QED) is 0.226. The van der Waals surface area contributed by atoms with Gasteiger partial charge in [0.2, 0.25) is 11.9 Å². The predicted molar refractivity (Wildman–Crippen MR) is 151 cm³/mol. The summed E-state index contributed by atoms with van der Waals surface area (Å²) in [4.78, 5) is 23.7. The van der Waals surface area contributed by atoms with E-state index in [9.17, 15) is 4.79 Å². The number of hydrogen-bond acceptors (Lipinski definition) is 8. The van der Waals surface area contributed by atoms with Crippen molar-refractivity contribution >= 4 is 56.3 Å². The van der Waals surface area contributed by atoms with Crippen LogP contribution in [0, 0.1) is 0 Å². The number of thiophene rings is 1. The molecule has 1 aliphatic heterocycles. The SMILES string of the molecule is C=CC(=O)Nc1cccc(Nc2nc(Nc3ccc(CN4CCCCC4)cc3OC)nc3ccsc23)c1. The maximum atomic E-state index is 11.7. The largest absolute Gasteiger partial charge is 0.495 e. The number of aromatic nitrogens is 2. The first-order chi connectivity index (χ1) is 18.1. The van der Waals surface area contributed by atoms with Crippen molar-refractivity contribution in [3.63, 3.8) is 0 Å². The molecule has 0 radical (unpaired) electrons. The van der Waals surface area contributed by atoms with Gasteiger partial charge in [-0.2, -0.15) is 4.98 Å². The van der Waals surface area contributed by atoms with Crippen LogP contribution in [0.1, 0.15) is 24.8 Å². The maximum Gasteiger partial charge on any atom is 0.247 e. The van der Waals surface area contributed by atoms with Crippen LogP contribution in [0.4, 0.5) is 28.8 Å². The summed E-state index contributed by atoms with van der Waals surface area (Å²) in [6.45, 7) is 6.72. The van der Waals surface area contributed by atoms with Crippen LogP contribution in [0.3, 0.4) is 0 Å². The van der Waals surface area contributed by atoms with E-state index < -0.39 is 0 Å². The van der Waals surface area contributed by atoms with Gasteiger partial charge in [-0.25, -0.2) is 4.98 Å². The second-order valence-corrected chi connectivity index (χ2v) is 9.84. The van der Waals surface area contributed by atoms with E-state index in [-0.39, 0.29) is 5.91 Å². The van der Waals surface area contributed by atoms with Gasteiger partial charge in [0.05, 0.1) is 23.0 Å². The molecule has 5 rings (SSSR count). The molecule has 3 N–H and O–H groups in total. The summed E-state index contributed by atoms with van der Waals surface area (Å²) in [5, 5.41) is 11.5. The number of methoxy groups -OCH3 is 1. The lowest BCUT2D eigenvalue weighted by Crippen LogP contribution is -2.29. The van der Waals surface area contributed by atoms with Crippen LogP contribution < -0.4 is 20.7 Å². The molecule has 190 valence electrons. The van der Waals surface area contributed by atoms with Gasteiger partial charge in [0.25, 0.3) is 0 Å². The topological polar surface area (TPSA) is 91.4 Å². The summed E-state index contributed by atoms with van der Waals surface area (Å²) >= 11 is 1.57. The van der Waals surface area contributed by atoms with Gasteiger partial charge in [-0.15, -0.1) is 11.3 Å². The first-order valence-electron chi connectivity index (χ1n) is 12.3. The molecule has 4 aromatic rings. The molecule has 1 fully saturated rings. The zero-order valence-corrected chi connectivity index (χ0v) is 21.6. The van der Waals surface area contributed by atoms with Gasteiger partial charge in [0, 0.05) is 17.9 Å². The molecule has 0 bridgehead atoms. The van der Waals surface area contributed by atoms with Crippen molar-refractivity contribution in [2.24, 2.45) is 0 Å². The molecule has 37 heavy (non-hydrogen) atoms. The van der Waals surface area contributed by atoms with E-state index in [2.05, 4.69) is 39.6 Å². The number of ether oxygens (including phenoxy) is 1. The van der Waals surface area contributed by atoms with Crippen molar-refractivity contribution in [2.75, 3.05) is 36.1 Å². The van der Waals surface area contributed by atoms with Crippen molar-refractivity contribution in [2.45, 2.75) is 25.8 Å². The summed E-state index contributed by atoms with van der Waals surface area (Å²) in [5.74, 6) is 1.63. The maximum absolute atomic E-state index is 11.7. The molecule has 1 saturated heterocycles. The van der Waals surface area contributed by atoms with Crippen LogP contribution in [-0.2, 0) is 11.3 Å². The zero-order valence-electron chi connectivity index (χ0n) is 20.8. The number of fused-ring (bicyclic) bond motifs is 1. The lowest BCUT2D eigenvalue weighted by atomic mass is 10.1. The Morgan fingerprint density at radius 3 is 2.73 bits per heavy atom. The summed E-state index contributed by atoms with van der Waals surface area (Å²) in [6, 6.07) is 15.7. The minimum absolute atomic E-state index is 0.262. The van der Waals surface area contributed by atoms with Crippen LogP contribution in [-0.4, -0.2) is 41.0 Å². The normalized spacial score (nSPS) is 13.8. The Morgan fingerprint density at radius 2 is 1.92 bits per heavy atom. The lowest BCUT2D eigenvalue weighted by Gasteiger charge is -2.26. The third-order valence-corrected chi connectivity index (χ3v) is 7.16. The van der Waals surface area contributed by atoms with Gasteiger partial charge >= 0.3 is 0 Å². The van der Waals surface area contributed by atoms with Gasteiger partial charge in [-0.1, -0.05) is 25.1 Å². The Bertz CT molecular complexity index is 1410. The first kappa shape index (κ1) is 24.7. The average Bonchev–Trinajstić information content (AvgIpc) is 3.39. The molecule has 2 aromatic carbocycles. The molecule has 9 heteroatoms. The van der Waals surface area contributed by atoms with Gasteiger partial charge in [-0.05, 0) is 79.3 Å². The van der Waals surface area contributed by atoms with Gasteiger partial charge < -0.3 is 20.7 Å². The third kappa shape index (κ3) is 6.07. The molecule has 0 spiro atoms. The minimum atomic E-state index is -0.262. The summed E-state index contributed by atoms with van der Waals surface area (Å²) in [6.07, 6.45) is 5.10. The number of rotatable bonds is 9. The monoisotopic (exact) mass is 514 g/mol. The number of anilines is 5. The molecule has 2 aromatic heterocycles. The molecule has 8 nitrogen and oxygen atoms in total. The Morgan fingerprint density at radius 1 is 1.08 bits per heavy atom. The Hall–Kier alpha value is -3.95. The fourth-order valence-corrected chi connectivity index (χ4v) is 5.22.